The van der Waals surface area contributed by atoms with E-state index in [0.29, 0.717) is 5.92 Å². The highest BCUT2D eigenvalue weighted by Gasteiger charge is 2.29. The SMILES string of the molecule is CCNC(c1ccc(C(C)C)cc1)C(C)(C)OC. The lowest BCUT2D eigenvalue weighted by atomic mass is 9.90. The molecule has 0 saturated carbocycles. The molecule has 1 aromatic rings. The largest absolute Gasteiger partial charge is 0.377 e. The Labute approximate surface area is 112 Å². The smallest absolute Gasteiger partial charge is 0.0816 e. The number of methoxy groups -OCH3 is 1. The number of benzene rings is 1. The molecule has 1 atom stereocenters. The van der Waals surface area contributed by atoms with Gasteiger partial charge in [-0.15, -0.1) is 0 Å². The third-order valence-electron chi connectivity index (χ3n) is 3.57. The zero-order chi connectivity index (χ0) is 13.8. The summed E-state index contributed by atoms with van der Waals surface area (Å²) in [7, 11) is 1.77. The molecule has 2 nitrogen and oxygen atoms in total. The van der Waals surface area contributed by atoms with E-state index in [2.05, 4.69) is 64.2 Å². The van der Waals surface area contributed by atoms with Crippen LogP contribution in [-0.2, 0) is 4.74 Å². The number of nitrogens with one attached hydrogen (secondary N) is 1. The first-order valence-electron chi connectivity index (χ1n) is 6.80. The third kappa shape index (κ3) is 3.56. The summed E-state index contributed by atoms with van der Waals surface area (Å²) in [4.78, 5) is 0. The van der Waals surface area contributed by atoms with Gasteiger partial charge in [-0.2, -0.15) is 0 Å². The van der Waals surface area contributed by atoms with Gasteiger partial charge in [0.2, 0.25) is 0 Å². The van der Waals surface area contributed by atoms with E-state index in [1.807, 2.05) is 0 Å². The molecule has 0 saturated heterocycles. The van der Waals surface area contributed by atoms with Crippen LogP contribution in [0.15, 0.2) is 24.3 Å². The van der Waals surface area contributed by atoms with Crippen LogP contribution in [0.4, 0.5) is 0 Å². The van der Waals surface area contributed by atoms with Crippen molar-refractivity contribution in [2.45, 2.75) is 52.2 Å². The Morgan fingerprint density at radius 2 is 1.61 bits per heavy atom. The molecule has 0 amide bonds. The molecule has 0 heterocycles. The molecule has 1 unspecified atom stereocenters. The topological polar surface area (TPSA) is 21.3 Å². The number of ether oxygens (including phenoxy) is 1. The summed E-state index contributed by atoms with van der Waals surface area (Å²) >= 11 is 0. The highest BCUT2D eigenvalue weighted by atomic mass is 16.5. The maximum atomic E-state index is 5.62. The fraction of sp³-hybridized carbons (Fsp3) is 0.625. The molecular weight excluding hydrogens is 222 g/mol. The van der Waals surface area contributed by atoms with Crippen molar-refractivity contribution in [1.29, 1.82) is 0 Å². The standard InChI is InChI=1S/C16H27NO/c1-7-17-15(16(4,5)18-6)14-10-8-13(9-11-14)12(2)3/h8-12,15,17H,7H2,1-6H3. The Hall–Kier alpha value is -0.860. The average molecular weight is 249 g/mol. The molecule has 0 aliphatic carbocycles. The van der Waals surface area contributed by atoms with Gasteiger partial charge >= 0.3 is 0 Å². The molecule has 1 N–H and O–H groups in total. The quantitative estimate of drug-likeness (QED) is 0.826. The summed E-state index contributed by atoms with van der Waals surface area (Å²) in [5, 5.41) is 3.51. The van der Waals surface area contributed by atoms with Crippen LogP contribution in [0.1, 0.15) is 57.7 Å². The second-order valence-electron chi connectivity index (χ2n) is 5.62. The lowest BCUT2D eigenvalue weighted by Gasteiger charge is -2.34. The van der Waals surface area contributed by atoms with Crippen molar-refractivity contribution in [3.8, 4) is 0 Å². The molecule has 0 aliphatic heterocycles. The molecule has 0 bridgehead atoms. The third-order valence-corrected chi connectivity index (χ3v) is 3.57. The first-order valence-corrected chi connectivity index (χ1v) is 6.80. The molecular formula is C16H27NO. The van der Waals surface area contributed by atoms with Crippen molar-refractivity contribution in [2.24, 2.45) is 0 Å². The fourth-order valence-corrected chi connectivity index (χ4v) is 2.16. The normalized spacial score (nSPS) is 13.9. The predicted molar refractivity (Wildman–Crippen MR) is 78.0 cm³/mol. The molecule has 102 valence electrons. The monoisotopic (exact) mass is 249 g/mol. The second-order valence-corrected chi connectivity index (χ2v) is 5.62. The highest BCUT2D eigenvalue weighted by Crippen LogP contribution is 2.29. The van der Waals surface area contributed by atoms with Gasteiger partial charge in [0.15, 0.2) is 0 Å². The predicted octanol–water partition coefficient (Wildman–Crippen LogP) is 3.89. The maximum Gasteiger partial charge on any atom is 0.0816 e. The van der Waals surface area contributed by atoms with Gasteiger partial charge in [-0.25, -0.2) is 0 Å². The van der Waals surface area contributed by atoms with Crippen molar-refractivity contribution in [3.63, 3.8) is 0 Å². The minimum atomic E-state index is -0.213. The zero-order valence-corrected chi connectivity index (χ0v) is 12.6. The molecule has 1 rings (SSSR count). The summed E-state index contributed by atoms with van der Waals surface area (Å²) < 4.78 is 5.62. The molecule has 0 aromatic heterocycles. The van der Waals surface area contributed by atoms with E-state index in [4.69, 9.17) is 4.74 Å². The highest BCUT2D eigenvalue weighted by molar-refractivity contribution is 5.28. The van der Waals surface area contributed by atoms with E-state index >= 15 is 0 Å². The van der Waals surface area contributed by atoms with Gasteiger partial charge in [0.05, 0.1) is 11.6 Å². The minimum Gasteiger partial charge on any atom is -0.377 e. The molecule has 0 spiro atoms. The molecule has 2 heteroatoms. The lowest BCUT2D eigenvalue weighted by molar-refractivity contribution is -0.0106. The maximum absolute atomic E-state index is 5.62. The van der Waals surface area contributed by atoms with Crippen LogP contribution < -0.4 is 5.32 Å². The van der Waals surface area contributed by atoms with Crippen molar-refractivity contribution in [2.75, 3.05) is 13.7 Å². The van der Waals surface area contributed by atoms with Crippen LogP contribution in [0.2, 0.25) is 0 Å². The Balaban J connectivity index is 2.99. The van der Waals surface area contributed by atoms with Crippen LogP contribution >= 0.6 is 0 Å². The first kappa shape index (κ1) is 15.2. The van der Waals surface area contributed by atoms with Crippen LogP contribution in [-0.4, -0.2) is 19.3 Å². The Kier molecular flexibility index (Phi) is 5.36. The van der Waals surface area contributed by atoms with Gasteiger partial charge in [0, 0.05) is 7.11 Å². The van der Waals surface area contributed by atoms with Gasteiger partial charge in [-0.1, -0.05) is 45.0 Å². The number of hydrogen-bond acceptors (Lipinski definition) is 2. The second kappa shape index (κ2) is 6.35. The Morgan fingerprint density at radius 1 is 1.11 bits per heavy atom. The van der Waals surface area contributed by atoms with Gasteiger partial charge in [-0.05, 0) is 37.4 Å². The van der Waals surface area contributed by atoms with E-state index in [9.17, 15) is 0 Å². The van der Waals surface area contributed by atoms with Gasteiger partial charge in [-0.3, -0.25) is 0 Å². The minimum absolute atomic E-state index is 0.213. The molecule has 0 radical (unpaired) electrons. The summed E-state index contributed by atoms with van der Waals surface area (Å²) in [5.41, 5.74) is 2.45. The van der Waals surface area contributed by atoms with Crippen LogP contribution in [0, 0.1) is 0 Å². The van der Waals surface area contributed by atoms with Gasteiger partial charge < -0.3 is 10.1 Å². The summed E-state index contributed by atoms with van der Waals surface area (Å²) in [6.07, 6.45) is 0. The zero-order valence-electron chi connectivity index (χ0n) is 12.6. The van der Waals surface area contributed by atoms with Crippen molar-refractivity contribution < 1.29 is 4.74 Å². The number of likely N-dealkylation sites (N-methyl/N-ethyl adjacent to an activating group) is 1. The van der Waals surface area contributed by atoms with E-state index < -0.39 is 0 Å². The van der Waals surface area contributed by atoms with Crippen LogP contribution in [0.3, 0.4) is 0 Å². The van der Waals surface area contributed by atoms with Crippen LogP contribution in [0.25, 0.3) is 0 Å². The van der Waals surface area contributed by atoms with Crippen molar-refractivity contribution >= 4 is 0 Å². The summed E-state index contributed by atoms with van der Waals surface area (Å²) in [6.45, 7) is 11.7. The fourth-order valence-electron chi connectivity index (χ4n) is 2.16. The van der Waals surface area contributed by atoms with Crippen LogP contribution in [0.5, 0.6) is 0 Å². The van der Waals surface area contributed by atoms with E-state index in [1.54, 1.807) is 7.11 Å². The van der Waals surface area contributed by atoms with Crippen molar-refractivity contribution in [3.05, 3.63) is 35.4 Å². The number of rotatable bonds is 6. The van der Waals surface area contributed by atoms with Gasteiger partial charge in [0.1, 0.15) is 0 Å². The van der Waals surface area contributed by atoms with E-state index in [-0.39, 0.29) is 11.6 Å². The molecule has 0 fully saturated rings. The molecule has 1 aromatic carbocycles. The Bertz CT molecular complexity index is 354. The van der Waals surface area contributed by atoms with Crippen molar-refractivity contribution in [1.82, 2.24) is 5.32 Å². The average Bonchev–Trinajstić information content (AvgIpc) is 2.36. The van der Waals surface area contributed by atoms with E-state index in [0.717, 1.165) is 6.54 Å². The molecule has 0 aliphatic rings. The molecule has 18 heavy (non-hydrogen) atoms. The lowest BCUT2D eigenvalue weighted by Crippen LogP contribution is -2.40. The number of hydrogen-bond donors (Lipinski definition) is 1. The summed E-state index contributed by atoms with van der Waals surface area (Å²) in [6, 6.07) is 9.08. The first-order chi connectivity index (χ1) is 8.42. The van der Waals surface area contributed by atoms with E-state index in [1.165, 1.54) is 11.1 Å². The summed E-state index contributed by atoms with van der Waals surface area (Å²) in [5.74, 6) is 0.576. The van der Waals surface area contributed by atoms with Gasteiger partial charge in [0.25, 0.3) is 0 Å². The Morgan fingerprint density at radius 3 is 2.00 bits per heavy atom.